The second-order valence-corrected chi connectivity index (χ2v) is 8.93. The predicted molar refractivity (Wildman–Crippen MR) is 125 cm³/mol. The summed E-state index contributed by atoms with van der Waals surface area (Å²) in [6.07, 6.45) is 1.31. The van der Waals surface area contributed by atoms with E-state index >= 15 is 0 Å². The van der Waals surface area contributed by atoms with E-state index in [0.717, 1.165) is 16.7 Å². The van der Waals surface area contributed by atoms with E-state index < -0.39 is 24.4 Å². The molecule has 166 valence electrons. The van der Waals surface area contributed by atoms with Crippen LogP contribution in [0.25, 0.3) is 6.08 Å². The molecule has 1 aliphatic heterocycles. The second-order valence-electron chi connectivity index (χ2n) is 8.93. The Hall–Kier alpha value is -3.08. The van der Waals surface area contributed by atoms with Crippen LogP contribution in [-0.4, -0.2) is 31.0 Å². The average molecular weight is 432 g/mol. The van der Waals surface area contributed by atoms with E-state index in [-0.39, 0.29) is 13.2 Å². The van der Waals surface area contributed by atoms with Crippen LogP contribution in [-0.2, 0) is 20.7 Å². The molecule has 1 heterocycles. The van der Waals surface area contributed by atoms with Gasteiger partial charge in [-0.1, -0.05) is 54.1 Å². The van der Waals surface area contributed by atoms with Crippen molar-refractivity contribution in [1.29, 1.82) is 5.26 Å². The SMILES string of the molecule is Cc1ccc(C#N)c(C=C(CNC(=O)OCc2ccccc2)B2OC(C)(C)C(C)(C)O2)c1. The summed E-state index contributed by atoms with van der Waals surface area (Å²) in [5.74, 6) is 0. The van der Waals surface area contributed by atoms with Crippen LogP contribution in [0.4, 0.5) is 4.79 Å². The first-order valence-electron chi connectivity index (χ1n) is 10.6. The van der Waals surface area contributed by atoms with Crippen LogP contribution in [0.15, 0.2) is 54.0 Å². The number of ether oxygens (including phenoxy) is 1. The van der Waals surface area contributed by atoms with Crippen molar-refractivity contribution in [1.82, 2.24) is 5.32 Å². The fourth-order valence-electron chi connectivity index (χ4n) is 3.25. The summed E-state index contributed by atoms with van der Waals surface area (Å²) in [7, 11) is -0.665. The normalized spacial score (nSPS) is 17.0. The lowest BCUT2D eigenvalue weighted by Gasteiger charge is -2.32. The minimum Gasteiger partial charge on any atom is -0.445 e. The highest BCUT2D eigenvalue weighted by molar-refractivity contribution is 6.56. The van der Waals surface area contributed by atoms with Crippen LogP contribution in [0.1, 0.15) is 49.9 Å². The summed E-state index contributed by atoms with van der Waals surface area (Å²) in [5, 5.41) is 12.3. The van der Waals surface area contributed by atoms with Gasteiger partial charge in [0, 0.05) is 6.54 Å². The summed E-state index contributed by atoms with van der Waals surface area (Å²) in [6, 6.07) is 17.3. The highest BCUT2D eigenvalue weighted by Crippen LogP contribution is 2.38. The Balaban J connectivity index is 1.79. The van der Waals surface area contributed by atoms with Crippen LogP contribution in [0, 0.1) is 18.3 Å². The number of nitrogens with one attached hydrogen (secondary N) is 1. The van der Waals surface area contributed by atoms with Gasteiger partial charge in [0.25, 0.3) is 0 Å². The Morgan fingerprint density at radius 2 is 1.78 bits per heavy atom. The molecule has 0 atom stereocenters. The van der Waals surface area contributed by atoms with Crippen molar-refractivity contribution in [3.8, 4) is 6.07 Å². The molecule has 0 radical (unpaired) electrons. The van der Waals surface area contributed by atoms with Gasteiger partial charge in [0.05, 0.1) is 22.8 Å². The van der Waals surface area contributed by atoms with E-state index in [9.17, 15) is 10.1 Å². The molecule has 0 aliphatic carbocycles. The van der Waals surface area contributed by atoms with Gasteiger partial charge in [-0.3, -0.25) is 0 Å². The number of alkyl carbamates (subject to hydrolysis) is 1. The van der Waals surface area contributed by atoms with Crippen LogP contribution >= 0.6 is 0 Å². The van der Waals surface area contributed by atoms with Gasteiger partial charge in [-0.05, 0) is 57.3 Å². The fourth-order valence-corrected chi connectivity index (χ4v) is 3.25. The van der Waals surface area contributed by atoms with Crippen molar-refractivity contribution in [2.75, 3.05) is 6.54 Å². The maximum atomic E-state index is 12.3. The number of aryl methyl sites for hydroxylation is 1. The zero-order valence-corrected chi connectivity index (χ0v) is 19.3. The highest BCUT2D eigenvalue weighted by atomic mass is 16.7. The van der Waals surface area contributed by atoms with Gasteiger partial charge >= 0.3 is 13.2 Å². The molecule has 1 amide bonds. The number of nitriles is 1. The number of rotatable bonds is 6. The van der Waals surface area contributed by atoms with Crippen molar-refractivity contribution in [2.24, 2.45) is 0 Å². The molecule has 6 nitrogen and oxygen atoms in total. The van der Waals surface area contributed by atoms with Crippen LogP contribution in [0.3, 0.4) is 0 Å². The molecule has 0 spiro atoms. The molecule has 1 fully saturated rings. The van der Waals surface area contributed by atoms with E-state index in [1.807, 2.05) is 83.2 Å². The van der Waals surface area contributed by atoms with E-state index in [1.165, 1.54) is 0 Å². The highest BCUT2D eigenvalue weighted by Gasteiger charge is 2.52. The van der Waals surface area contributed by atoms with Crippen LogP contribution in [0.2, 0.25) is 0 Å². The maximum absolute atomic E-state index is 12.3. The molecule has 2 aromatic rings. The Morgan fingerprint density at radius 3 is 2.41 bits per heavy atom. The molecule has 1 saturated heterocycles. The number of carbonyl (C=O) groups excluding carboxylic acids is 1. The summed E-state index contributed by atoms with van der Waals surface area (Å²) in [6.45, 7) is 10.2. The molecular weight excluding hydrogens is 403 g/mol. The number of hydrogen-bond donors (Lipinski definition) is 1. The van der Waals surface area contributed by atoms with Crippen molar-refractivity contribution in [2.45, 2.75) is 52.4 Å². The molecule has 32 heavy (non-hydrogen) atoms. The first kappa shape index (κ1) is 23.6. The molecule has 0 unspecified atom stereocenters. The van der Waals surface area contributed by atoms with E-state index in [2.05, 4.69) is 11.4 Å². The van der Waals surface area contributed by atoms with Crippen molar-refractivity contribution >= 4 is 19.3 Å². The molecule has 7 heteroatoms. The summed E-state index contributed by atoms with van der Waals surface area (Å²) >= 11 is 0. The second kappa shape index (κ2) is 9.60. The molecule has 3 rings (SSSR count). The van der Waals surface area contributed by atoms with Crippen LogP contribution < -0.4 is 5.32 Å². The fraction of sp³-hybridized carbons (Fsp3) is 0.360. The van der Waals surface area contributed by atoms with Gasteiger partial charge in [-0.25, -0.2) is 4.79 Å². The van der Waals surface area contributed by atoms with Crippen molar-refractivity contribution in [3.63, 3.8) is 0 Å². The Bertz CT molecular complexity index is 1030. The molecule has 0 aromatic heterocycles. The molecule has 1 aliphatic rings. The van der Waals surface area contributed by atoms with Gasteiger partial charge in [0.1, 0.15) is 6.61 Å². The van der Waals surface area contributed by atoms with Crippen molar-refractivity contribution < 1.29 is 18.8 Å². The van der Waals surface area contributed by atoms with Crippen LogP contribution in [0.5, 0.6) is 0 Å². The standard InChI is InChI=1S/C25H29BN2O4/c1-18-11-12-20(15-27)21(13-18)14-22(26-31-24(2,3)25(4,5)32-26)16-28-23(29)30-17-19-9-7-6-8-10-19/h6-14H,16-17H2,1-5H3,(H,28,29). The third-order valence-corrected chi connectivity index (χ3v) is 5.87. The Labute approximate surface area is 190 Å². The topological polar surface area (TPSA) is 80.6 Å². The summed E-state index contributed by atoms with van der Waals surface area (Å²) in [4.78, 5) is 12.3. The molecule has 0 saturated carbocycles. The first-order chi connectivity index (χ1) is 15.1. The third kappa shape index (κ3) is 5.58. The van der Waals surface area contributed by atoms with E-state index in [4.69, 9.17) is 14.0 Å². The van der Waals surface area contributed by atoms with Gasteiger partial charge in [-0.15, -0.1) is 0 Å². The van der Waals surface area contributed by atoms with Crippen molar-refractivity contribution in [3.05, 3.63) is 76.3 Å². The smallest absolute Gasteiger partial charge is 0.445 e. The third-order valence-electron chi connectivity index (χ3n) is 5.87. The van der Waals surface area contributed by atoms with Gasteiger partial charge in [0.2, 0.25) is 0 Å². The van der Waals surface area contributed by atoms with Gasteiger partial charge in [-0.2, -0.15) is 5.26 Å². The monoisotopic (exact) mass is 432 g/mol. The molecule has 1 N–H and O–H groups in total. The number of hydrogen-bond acceptors (Lipinski definition) is 5. The lowest BCUT2D eigenvalue weighted by Crippen LogP contribution is -2.41. The largest absolute Gasteiger partial charge is 0.492 e. The van der Waals surface area contributed by atoms with E-state index in [1.54, 1.807) is 6.07 Å². The van der Waals surface area contributed by atoms with Gasteiger partial charge in [0.15, 0.2) is 0 Å². The Kier molecular flexibility index (Phi) is 7.07. The Morgan fingerprint density at radius 1 is 1.12 bits per heavy atom. The minimum absolute atomic E-state index is 0.156. The molecule has 2 aromatic carbocycles. The number of amides is 1. The lowest BCUT2D eigenvalue weighted by molar-refractivity contribution is 0.00578. The summed E-state index contributed by atoms with van der Waals surface area (Å²) < 4.78 is 17.7. The number of benzene rings is 2. The van der Waals surface area contributed by atoms with E-state index in [0.29, 0.717) is 11.0 Å². The average Bonchev–Trinajstić information content (AvgIpc) is 2.97. The lowest BCUT2D eigenvalue weighted by atomic mass is 9.76. The first-order valence-corrected chi connectivity index (χ1v) is 10.6. The maximum Gasteiger partial charge on any atom is 0.492 e. The minimum atomic E-state index is -0.665. The summed E-state index contributed by atoms with van der Waals surface area (Å²) in [5.41, 5.74) is 2.85. The number of carbonyl (C=O) groups is 1. The zero-order chi connectivity index (χ0) is 23.4. The number of nitrogens with zero attached hydrogens (tertiary/aromatic N) is 1. The van der Waals surface area contributed by atoms with Gasteiger partial charge < -0.3 is 19.4 Å². The predicted octanol–water partition coefficient (Wildman–Crippen LogP) is 4.81. The molecule has 0 bridgehead atoms. The molecular formula is C25H29BN2O4. The quantitative estimate of drug-likeness (QED) is 0.663. The zero-order valence-electron chi connectivity index (χ0n) is 19.3.